The van der Waals surface area contributed by atoms with E-state index in [1.165, 1.54) is 6.92 Å². The lowest BCUT2D eigenvalue weighted by Crippen LogP contribution is -2.34. The van der Waals surface area contributed by atoms with Gasteiger partial charge in [-0.15, -0.1) is 0 Å². The van der Waals surface area contributed by atoms with Crippen LogP contribution in [-0.4, -0.2) is 32.0 Å². The molecule has 0 atom stereocenters. The highest BCUT2D eigenvalue weighted by Crippen LogP contribution is 1.98. The van der Waals surface area contributed by atoms with Gasteiger partial charge in [0.1, 0.15) is 6.61 Å². The lowest BCUT2D eigenvalue weighted by Gasteiger charge is -2.02. The molecule has 0 aromatic carbocycles. The summed E-state index contributed by atoms with van der Waals surface area (Å²) in [5, 5.41) is 2.47. The lowest BCUT2D eigenvalue weighted by molar-refractivity contribution is -0.132. The van der Waals surface area contributed by atoms with E-state index in [1.807, 2.05) is 0 Å². The summed E-state index contributed by atoms with van der Waals surface area (Å²) < 4.78 is 9.46. The van der Waals surface area contributed by atoms with Gasteiger partial charge in [-0.25, -0.2) is 0 Å². The third kappa shape index (κ3) is 2.59. The Balaban J connectivity index is 2.18. The van der Waals surface area contributed by atoms with Crippen LogP contribution in [0, 0.1) is 0 Å². The molecule has 1 N–H and O–H groups in total. The van der Waals surface area contributed by atoms with E-state index in [9.17, 15) is 9.59 Å². The highest BCUT2D eigenvalue weighted by molar-refractivity contribution is 6.49. The molecule has 1 fully saturated rings. The molecular weight excluding hydrogens is 149 g/mol. The number of hydrogen-bond donors (Lipinski definition) is 1. The van der Waals surface area contributed by atoms with E-state index in [4.69, 9.17) is 4.65 Å². The van der Waals surface area contributed by atoms with Crippen LogP contribution in [0.4, 0.5) is 0 Å². The highest BCUT2D eigenvalue weighted by atomic mass is 16.7. The van der Waals surface area contributed by atoms with Gasteiger partial charge < -0.3 is 14.6 Å². The van der Waals surface area contributed by atoms with Crippen molar-refractivity contribution in [2.75, 3.05) is 13.1 Å². The number of nitrogens with one attached hydrogen (secondary N) is 1. The Bertz CT molecular complexity index is 183. The molecule has 0 saturated carbocycles. The fraction of sp³-hybridized carbons (Fsp3) is 0.600. The molecule has 1 aliphatic heterocycles. The van der Waals surface area contributed by atoms with Crippen LogP contribution in [-0.2, 0) is 18.9 Å². The van der Waals surface area contributed by atoms with Gasteiger partial charge in [0, 0.05) is 6.92 Å². The maximum Gasteiger partial charge on any atom is 0.548 e. The Morgan fingerprint density at radius 3 is 3.00 bits per heavy atom. The molecule has 0 radical (unpaired) electrons. The maximum absolute atomic E-state index is 10.4. The Morgan fingerprint density at radius 2 is 2.55 bits per heavy atom. The van der Waals surface area contributed by atoms with Crippen molar-refractivity contribution in [3.05, 3.63) is 0 Å². The Morgan fingerprint density at radius 1 is 1.82 bits per heavy atom. The predicted molar refractivity (Wildman–Crippen MR) is 36.5 cm³/mol. The molecule has 0 bridgehead atoms. The predicted octanol–water partition coefficient (Wildman–Crippen LogP) is -1.28. The topological polar surface area (TPSA) is 64.6 Å². The van der Waals surface area contributed by atoms with Gasteiger partial charge in [-0.05, 0) is 0 Å². The van der Waals surface area contributed by atoms with Gasteiger partial charge in [0.25, 0.3) is 0 Å². The molecule has 11 heavy (non-hydrogen) atoms. The largest absolute Gasteiger partial charge is 0.548 e. The number of amides is 1. The molecule has 6 heteroatoms. The van der Waals surface area contributed by atoms with E-state index in [0.29, 0.717) is 0 Å². The van der Waals surface area contributed by atoms with Gasteiger partial charge in [-0.1, -0.05) is 0 Å². The molecule has 1 heterocycles. The van der Waals surface area contributed by atoms with Gasteiger partial charge in [0.05, 0.1) is 6.44 Å². The minimum atomic E-state index is -0.605. The average Bonchev–Trinajstić information content (AvgIpc) is 2.31. The Hall–Kier alpha value is -1.04. The van der Waals surface area contributed by atoms with Crippen LogP contribution in [0.25, 0.3) is 0 Å². The van der Waals surface area contributed by atoms with Crippen molar-refractivity contribution in [1.82, 2.24) is 5.32 Å². The van der Waals surface area contributed by atoms with E-state index >= 15 is 0 Å². The molecule has 1 rings (SSSR count). The van der Waals surface area contributed by atoms with Crippen molar-refractivity contribution < 1.29 is 18.9 Å². The van der Waals surface area contributed by atoms with Crippen LogP contribution < -0.4 is 5.32 Å². The first kappa shape index (κ1) is 8.07. The van der Waals surface area contributed by atoms with Crippen LogP contribution in [0.5, 0.6) is 0 Å². The molecule has 0 aromatic heterocycles. The van der Waals surface area contributed by atoms with E-state index in [2.05, 4.69) is 9.97 Å². The van der Waals surface area contributed by atoms with Crippen LogP contribution in [0.3, 0.4) is 0 Å². The molecule has 1 saturated heterocycles. The molecule has 1 aliphatic rings. The summed E-state index contributed by atoms with van der Waals surface area (Å²) in [6.07, 6.45) is 0.223. The van der Waals surface area contributed by atoms with Crippen molar-refractivity contribution in [1.29, 1.82) is 0 Å². The Kier molecular flexibility index (Phi) is 2.48. The summed E-state index contributed by atoms with van der Waals surface area (Å²) in [4.78, 5) is 20.8. The summed E-state index contributed by atoms with van der Waals surface area (Å²) >= 11 is 0. The summed E-state index contributed by atoms with van der Waals surface area (Å²) in [6, 6.07) is 0. The van der Waals surface area contributed by atoms with E-state index in [-0.39, 0.29) is 24.9 Å². The summed E-state index contributed by atoms with van der Waals surface area (Å²) in [6.45, 7) is 1.36. The summed E-state index contributed by atoms with van der Waals surface area (Å²) in [7, 11) is -0.605. The van der Waals surface area contributed by atoms with Gasteiger partial charge in [0.15, 0.2) is 0 Å². The first-order valence-corrected chi connectivity index (χ1v) is 3.24. The summed E-state index contributed by atoms with van der Waals surface area (Å²) in [5.41, 5.74) is 0. The molecule has 0 aliphatic carbocycles. The molecule has 60 valence electrons. The van der Waals surface area contributed by atoms with Crippen molar-refractivity contribution in [2.45, 2.75) is 6.92 Å². The monoisotopic (exact) mass is 157 g/mol. The molecular formula is C5H8BNO4. The molecule has 0 aromatic rings. The lowest BCUT2D eigenvalue weighted by atomic mass is 9.91. The minimum Gasteiger partial charge on any atom is -0.507 e. The average molecular weight is 157 g/mol. The molecule has 0 spiro atoms. The molecule has 1 amide bonds. The van der Waals surface area contributed by atoms with Crippen molar-refractivity contribution in [3.63, 3.8) is 0 Å². The fourth-order valence-corrected chi connectivity index (χ4v) is 0.703. The molecule has 5 nitrogen and oxygen atoms in total. The first-order valence-electron chi connectivity index (χ1n) is 3.24. The quantitative estimate of drug-likeness (QED) is 0.507. The van der Waals surface area contributed by atoms with Crippen molar-refractivity contribution in [2.24, 2.45) is 0 Å². The van der Waals surface area contributed by atoms with E-state index in [0.717, 1.165) is 0 Å². The molecule has 0 unspecified atom stereocenters. The van der Waals surface area contributed by atoms with E-state index < -0.39 is 7.12 Å². The second-order valence-electron chi connectivity index (χ2n) is 2.17. The van der Waals surface area contributed by atoms with Crippen molar-refractivity contribution >= 4 is 19.0 Å². The number of carbonyl (C=O) groups is 2. The maximum atomic E-state index is 10.4. The second kappa shape index (κ2) is 3.38. The van der Waals surface area contributed by atoms with Crippen LogP contribution in [0.2, 0.25) is 0 Å². The number of hydrogen-bond acceptors (Lipinski definition) is 4. The van der Waals surface area contributed by atoms with Crippen LogP contribution in [0.15, 0.2) is 0 Å². The summed E-state index contributed by atoms with van der Waals surface area (Å²) in [5.74, 6) is -0.558. The fourth-order valence-electron chi connectivity index (χ4n) is 0.703. The standard InChI is InChI=1S/C5H8BNO4/c1-4(8)7-3-6-10-2-5(9)11-6/h2-3H2,1H3,(H,7,8). The van der Waals surface area contributed by atoms with Gasteiger partial charge in [-0.2, -0.15) is 0 Å². The highest BCUT2D eigenvalue weighted by Gasteiger charge is 2.30. The smallest absolute Gasteiger partial charge is 0.507 e. The first-order chi connectivity index (χ1) is 5.18. The zero-order valence-corrected chi connectivity index (χ0v) is 6.12. The number of carbonyl (C=O) groups excluding carboxylic acids is 2. The van der Waals surface area contributed by atoms with Gasteiger partial charge in [0.2, 0.25) is 5.91 Å². The zero-order chi connectivity index (χ0) is 8.27. The van der Waals surface area contributed by atoms with Gasteiger partial charge >= 0.3 is 13.1 Å². The van der Waals surface area contributed by atoms with Crippen LogP contribution >= 0.6 is 0 Å². The number of rotatable bonds is 2. The zero-order valence-electron chi connectivity index (χ0n) is 6.12. The van der Waals surface area contributed by atoms with Crippen LogP contribution in [0.1, 0.15) is 6.92 Å². The minimum absolute atomic E-state index is 0.0236. The SMILES string of the molecule is CC(=O)NCB1OCC(=O)O1. The normalized spacial score (nSPS) is 16.5. The van der Waals surface area contributed by atoms with E-state index in [1.54, 1.807) is 0 Å². The van der Waals surface area contributed by atoms with Gasteiger partial charge in [-0.3, -0.25) is 9.59 Å². The third-order valence-electron chi connectivity index (χ3n) is 1.17. The Labute approximate surface area is 64.2 Å². The third-order valence-corrected chi connectivity index (χ3v) is 1.17. The second-order valence-corrected chi connectivity index (χ2v) is 2.17. The van der Waals surface area contributed by atoms with Crippen molar-refractivity contribution in [3.8, 4) is 0 Å².